The van der Waals surface area contributed by atoms with E-state index in [2.05, 4.69) is 15.4 Å². The lowest BCUT2D eigenvalue weighted by atomic mass is 9.94. The van der Waals surface area contributed by atoms with E-state index in [0.29, 0.717) is 16.9 Å². The molecule has 0 bridgehead atoms. The predicted octanol–water partition coefficient (Wildman–Crippen LogP) is 1.40. The van der Waals surface area contributed by atoms with E-state index in [9.17, 15) is 9.59 Å². The molecule has 7 nitrogen and oxygen atoms in total. The SMILES string of the molecule is CCOC(=O)c1c(C)nn2c(C3CCNCC3)cc(=O)[nH]c12.Cl. The van der Waals surface area contributed by atoms with Gasteiger partial charge in [-0.1, -0.05) is 0 Å². The van der Waals surface area contributed by atoms with Crippen molar-refractivity contribution in [3.8, 4) is 0 Å². The summed E-state index contributed by atoms with van der Waals surface area (Å²) in [5, 5.41) is 7.77. The second-order valence-electron chi connectivity index (χ2n) is 5.52. The number of carbonyl (C=O) groups is 1. The van der Waals surface area contributed by atoms with Crippen molar-refractivity contribution < 1.29 is 9.53 Å². The number of esters is 1. The van der Waals surface area contributed by atoms with E-state index < -0.39 is 5.97 Å². The van der Waals surface area contributed by atoms with E-state index in [4.69, 9.17) is 4.74 Å². The zero-order chi connectivity index (χ0) is 15.7. The van der Waals surface area contributed by atoms with E-state index in [0.717, 1.165) is 31.6 Å². The molecule has 0 aliphatic carbocycles. The van der Waals surface area contributed by atoms with E-state index in [1.54, 1.807) is 24.4 Å². The Morgan fingerprint density at radius 3 is 2.78 bits per heavy atom. The second kappa shape index (κ2) is 7.14. The highest BCUT2D eigenvalue weighted by Gasteiger charge is 2.24. The third-order valence-corrected chi connectivity index (χ3v) is 4.06. The first kappa shape index (κ1) is 17.5. The molecule has 126 valence electrons. The van der Waals surface area contributed by atoms with Crippen molar-refractivity contribution in [3.63, 3.8) is 0 Å². The van der Waals surface area contributed by atoms with Crippen molar-refractivity contribution >= 4 is 24.0 Å². The third kappa shape index (κ3) is 3.25. The van der Waals surface area contributed by atoms with Crippen LogP contribution in [0.1, 0.15) is 47.4 Å². The first-order valence-corrected chi connectivity index (χ1v) is 7.62. The first-order valence-electron chi connectivity index (χ1n) is 7.62. The molecule has 0 unspecified atom stereocenters. The third-order valence-electron chi connectivity index (χ3n) is 4.06. The molecule has 2 N–H and O–H groups in total. The minimum atomic E-state index is -0.451. The van der Waals surface area contributed by atoms with Crippen LogP contribution in [0.3, 0.4) is 0 Å². The van der Waals surface area contributed by atoms with Gasteiger partial charge in [-0.15, -0.1) is 12.4 Å². The fourth-order valence-corrected chi connectivity index (χ4v) is 3.03. The zero-order valence-corrected chi connectivity index (χ0v) is 14.0. The highest BCUT2D eigenvalue weighted by molar-refractivity contribution is 5.97. The van der Waals surface area contributed by atoms with Crippen LogP contribution in [0.15, 0.2) is 10.9 Å². The first-order chi connectivity index (χ1) is 10.6. The van der Waals surface area contributed by atoms with Crippen molar-refractivity contribution in [2.75, 3.05) is 19.7 Å². The molecule has 8 heteroatoms. The molecule has 1 fully saturated rings. The molecular formula is C15H21ClN4O3. The molecule has 1 saturated heterocycles. The Bertz CT molecular complexity index is 762. The highest BCUT2D eigenvalue weighted by atomic mass is 35.5. The lowest BCUT2D eigenvalue weighted by Crippen LogP contribution is -2.28. The van der Waals surface area contributed by atoms with Crippen LogP contribution in [0.2, 0.25) is 0 Å². The molecule has 0 aromatic carbocycles. The van der Waals surface area contributed by atoms with E-state index in [1.165, 1.54) is 0 Å². The number of hydrogen-bond donors (Lipinski definition) is 2. The average Bonchev–Trinajstić information content (AvgIpc) is 2.83. The van der Waals surface area contributed by atoms with Gasteiger partial charge >= 0.3 is 5.97 Å². The average molecular weight is 341 g/mol. The molecule has 0 radical (unpaired) electrons. The van der Waals surface area contributed by atoms with Crippen LogP contribution in [-0.4, -0.2) is 40.3 Å². The van der Waals surface area contributed by atoms with Gasteiger partial charge in [-0.25, -0.2) is 9.31 Å². The molecule has 0 amide bonds. The number of piperidine rings is 1. The number of hydrogen-bond acceptors (Lipinski definition) is 5. The van der Waals surface area contributed by atoms with Crippen molar-refractivity contribution in [1.29, 1.82) is 0 Å². The van der Waals surface area contributed by atoms with Crippen molar-refractivity contribution in [1.82, 2.24) is 19.9 Å². The van der Waals surface area contributed by atoms with Gasteiger partial charge in [-0.2, -0.15) is 5.10 Å². The summed E-state index contributed by atoms with van der Waals surface area (Å²) in [6.07, 6.45) is 1.90. The Morgan fingerprint density at radius 1 is 1.43 bits per heavy atom. The van der Waals surface area contributed by atoms with Gasteiger partial charge in [0.15, 0.2) is 5.65 Å². The summed E-state index contributed by atoms with van der Waals surface area (Å²) < 4.78 is 6.77. The molecule has 1 aliphatic heterocycles. The summed E-state index contributed by atoms with van der Waals surface area (Å²) in [5.41, 5.74) is 1.98. The van der Waals surface area contributed by atoms with Crippen LogP contribution < -0.4 is 10.9 Å². The van der Waals surface area contributed by atoms with Gasteiger partial charge in [0.1, 0.15) is 5.56 Å². The lowest BCUT2D eigenvalue weighted by Gasteiger charge is -2.23. The number of nitrogens with one attached hydrogen (secondary N) is 2. The number of nitrogens with zero attached hydrogens (tertiary/aromatic N) is 2. The van der Waals surface area contributed by atoms with Crippen LogP contribution in [0, 0.1) is 6.92 Å². The number of ether oxygens (including phenoxy) is 1. The monoisotopic (exact) mass is 340 g/mol. The molecule has 23 heavy (non-hydrogen) atoms. The Hall–Kier alpha value is -1.86. The number of aromatic amines is 1. The summed E-state index contributed by atoms with van der Waals surface area (Å²) in [6, 6.07) is 1.59. The molecule has 3 heterocycles. The second-order valence-corrected chi connectivity index (χ2v) is 5.52. The minimum Gasteiger partial charge on any atom is -0.462 e. The van der Waals surface area contributed by atoms with E-state index >= 15 is 0 Å². The van der Waals surface area contributed by atoms with Crippen molar-refractivity contribution in [2.45, 2.75) is 32.6 Å². The fraction of sp³-hybridized carbons (Fsp3) is 0.533. The Balaban J connectivity index is 0.00000192. The van der Waals surface area contributed by atoms with E-state index in [-0.39, 0.29) is 30.5 Å². The number of rotatable bonds is 3. The number of aryl methyl sites for hydroxylation is 1. The fourth-order valence-electron chi connectivity index (χ4n) is 3.03. The van der Waals surface area contributed by atoms with Gasteiger partial charge < -0.3 is 15.0 Å². The van der Waals surface area contributed by atoms with E-state index in [1.807, 2.05) is 0 Å². The number of H-pyrrole nitrogens is 1. The van der Waals surface area contributed by atoms with Gasteiger partial charge in [0.2, 0.25) is 0 Å². The quantitative estimate of drug-likeness (QED) is 0.824. The molecule has 2 aromatic heterocycles. The summed E-state index contributed by atoms with van der Waals surface area (Å²) in [5.74, 6) is -0.187. The Kier molecular flexibility index (Phi) is 5.43. The van der Waals surface area contributed by atoms with Gasteiger partial charge in [0, 0.05) is 12.0 Å². The Labute approximate surface area is 139 Å². The van der Waals surface area contributed by atoms with Gasteiger partial charge in [0.25, 0.3) is 5.56 Å². The highest BCUT2D eigenvalue weighted by Crippen LogP contribution is 2.26. The maximum absolute atomic E-state index is 12.1. The van der Waals surface area contributed by atoms with Gasteiger partial charge in [-0.05, 0) is 39.8 Å². The summed E-state index contributed by atoms with van der Waals surface area (Å²) in [6.45, 7) is 5.63. The largest absolute Gasteiger partial charge is 0.462 e. The maximum Gasteiger partial charge on any atom is 0.343 e. The number of fused-ring (bicyclic) bond motifs is 1. The van der Waals surface area contributed by atoms with Crippen LogP contribution >= 0.6 is 12.4 Å². The lowest BCUT2D eigenvalue weighted by molar-refractivity contribution is 0.0527. The molecule has 1 aliphatic rings. The van der Waals surface area contributed by atoms with Gasteiger partial charge in [-0.3, -0.25) is 4.79 Å². The van der Waals surface area contributed by atoms with Crippen molar-refractivity contribution in [3.05, 3.63) is 33.4 Å². The van der Waals surface area contributed by atoms with Crippen LogP contribution in [0.5, 0.6) is 0 Å². The minimum absolute atomic E-state index is 0. The molecule has 0 saturated carbocycles. The molecule has 0 atom stereocenters. The smallest absolute Gasteiger partial charge is 0.343 e. The number of carbonyl (C=O) groups excluding carboxylic acids is 1. The normalized spacial score (nSPS) is 15.4. The maximum atomic E-state index is 12.1. The number of halogens is 1. The standard InChI is InChI=1S/C15H20N4O3.ClH/c1-3-22-15(21)13-9(2)18-19-11(8-12(20)17-14(13)19)10-4-6-16-7-5-10;/h8,10,16H,3-7H2,1-2H3,(H,17,20);1H. The van der Waals surface area contributed by atoms with Crippen LogP contribution in [0.25, 0.3) is 5.65 Å². The summed E-state index contributed by atoms with van der Waals surface area (Å²) in [7, 11) is 0. The summed E-state index contributed by atoms with van der Waals surface area (Å²) in [4.78, 5) is 26.9. The van der Waals surface area contributed by atoms with Crippen molar-refractivity contribution in [2.24, 2.45) is 0 Å². The molecule has 3 rings (SSSR count). The molecule has 2 aromatic rings. The predicted molar refractivity (Wildman–Crippen MR) is 88.6 cm³/mol. The molecule has 0 spiro atoms. The topological polar surface area (TPSA) is 88.5 Å². The molecular weight excluding hydrogens is 320 g/mol. The zero-order valence-electron chi connectivity index (χ0n) is 13.2. The van der Waals surface area contributed by atoms with Gasteiger partial charge in [0.05, 0.1) is 18.0 Å². The summed E-state index contributed by atoms with van der Waals surface area (Å²) >= 11 is 0. The Morgan fingerprint density at radius 2 is 2.13 bits per heavy atom. The van der Waals surface area contributed by atoms with Crippen LogP contribution in [-0.2, 0) is 4.74 Å². The number of aromatic nitrogens is 3. The van der Waals surface area contributed by atoms with Crippen LogP contribution in [0.4, 0.5) is 0 Å².